The van der Waals surface area contributed by atoms with Gasteiger partial charge in [-0.3, -0.25) is 9.59 Å². The third-order valence-electron chi connectivity index (χ3n) is 3.00. The van der Waals surface area contributed by atoms with Crippen molar-refractivity contribution in [2.24, 2.45) is 0 Å². The fraction of sp³-hybridized carbons (Fsp3) is 0.118. The van der Waals surface area contributed by atoms with E-state index < -0.39 is 17.9 Å². The number of amides is 2. The van der Waals surface area contributed by atoms with Crippen LogP contribution in [0.4, 0.5) is 5.69 Å². The Balaban J connectivity index is 0.000000269. The molecule has 128 valence electrons. The Hall–Kier alpha value is -3.55. The summed E-state index contributed by atoms with van der Waals surface area (Å²) >= 11 is 0. The smallest absolute Gasteiger partial charge is 0.338 e. The normalized spacial score (nSPS) is 15.2. The van der Waals surface area contributed by atoms with E-state index in [9.17, 15) is 24.0 Å². The Morgan fingerprint density at radius 1 is 0.920 bits per heavy atom. The van der Waals surface area contributed by atoms with Crippen LogP contribution in [0.25, 0.3) is 0 Å². The van der Waals surface area contributed by atoms with Gasteiger partial charge in [0.2, 0.25) is 0 Å². The van der Waals surface area contributed by atoms with Gasteiger partial charge >= 0.3 is 17.9 Å². The summed E-state index contributed by atoms with van der Waals surface area (Å²) in [5, 5.41) is 0. The molecule has 0 saturated heterocycles. The van der Waals surface area contributed by atoms with Crippen LogP contribution in [-0.4, -0.2) is 36.3 Å². The molecule has 2 aliphatic rings. The van der Waals surface area contributed by atoms with Crippen molar-refractivity contribution in [2.75, 3.05) is 11.5 Å². The largest absolute Gasteiger partial charge is 0.462 e. The summed E-state index contributed by atoms with van der Waals surface area (Å²) in [4.78, 5) is 55.2. The second-order valence-corrected chi connectivity index (χ2v) is 4.69. The molecule has 0 radical (unpaired) electrons. The van der Waals surface area contributed by atoms with E-state index in [1.165, 1.54) is 36.4 Å². The Morgan fingerprint density at radius 2 is 1.44 bits per heavy atom. The van der Waals surface area contributed by atoms with Crippen LogP contribution in [0.2, 0.25) is 0 Å². The molecule has 2 aliphatic heterocycles. The molecule has 2 heterocycles. The third-order valence-corrected chi connectivity index (χ3v) is 3.00. The van der Waals surface area contributed by atoms with E-state index in [0.717, 1.165) is 17.1 Å². The second kappa shape index (κ2) is 7.82. The monoisotopic (exact) mass is 343 g/mol. The maximum absolute atomic E-state index is 11.4. The molecule has 0 unspecified atom stereocenters. The highest BCUT2D eigenvalue weighted by Crippen LogP contribution is 2.19. The van der Waals surface area contributed by atoms with Gasteiger partial charge in [0.1, 0.15) is 0 Å². The van der Waals surface area contributed by atoms with Gasteiger partial charge in [-0.2, -0.15) is 0 Å². The van der Waals surface area contributed by atoms with E-state index in [4.69, 9.17) is 4.74 Å². The molecule has 8 heteroatoms. The summed E-state index contributed by atoms with van der Waals surface area (Å²) in [6.45, 7) is 2.02. The quantitative estimate of drug-likeness (QED) is 0.456. The minimum Gasteiger partial charge on any atom is -0.462 e. The molecule has 25 heavy (non-hydrogen) atoms. The van der Waals surface area contributed by atoms with E-state index in [1.807, 2.05) is 0 Å². The summed E-state index contributed by atoms with van der Waals surface area (Å²) in [5.74, 6) is -2.36. The molecule has 0 aliphatic carbocycles. The molecule has 8 nitrogen and oxygen atoms in total. The van der Waals surface area contributed by atoms with Crippen molar-refractivity contribution < 1.29 is 33.4 Å². The SMILES string of the molecule is CCOC(=O)c1ccc(N2C(=O)C=CC2=O)cc1.O=C1C=CC(=O)O1. The predicted molar refractivity (Wildman–Crippen MR) is 84.3 cm³/mol. The Labute approximate surface area is 142 Å². The van der Waals surface area contributed by atoms with E-state index in [0.29, 0.717) is 17.9 Å². The van der Waals surface area contributed by atoms with E-state index in [1.54, 1.807) is 6.92 Å². The number of rotatable bonds is 3. The van der Waals surface area contributed by atoms with Crippen molar-refractivity contribution in [1.29, 1.82) is 0 Å². The molecule has 1 aromatic rings. The Bertz CT molecular complexity index is 756. The molecule has 0 saturated carbocycles. The molecule has 1 aromatic carbocycles. The van der Waals surface area contributed by atoms with Gasteiger partial charge in [0.05, 0.1) is 17.9 Å². The van der Waals surface area contributed by atoms with Gasteiger partial charge in [-0.1, -0.05) is 0 Å². The highest BCUT2D eigenvalue weighted by Gasteiger charge is 2.25. The van der Waals surface area contributed by atoms with E-state index >= 15 is 0 Å². The first-order valence-corrected chi connectivity index (χ1v) is 7.19. The lowest BCUT2D eigenvalue weighted by Crippen LogP contribution is -2.29. The van der Waals surface area contributed by atoms with E-state index in [-0.39, 0.29) is 11.8 Å². The standard InChI is InChI=1S/C13H11NO4.C4H2O3/c1-2-18-13(17)9-3-5-10(6-4-9)14-11(15)7-8-12(14)16;5-3-1-2-4(6)7-3/h3-8H,2H2,1H3;1-2H. The van der Waals surface area contributed by atoms with Crippen LogP contribution in [0.5, 0.6) is 0 Å². The lowest BCUT2D eigenvalue weighted by Gasteiger charge is -2.13. The average Bonchev–Trinajstić information content (AvgIpc) is 3.13. The fourth-order valence-electron chi connectivity index (χ4n) is 1.92. The van der Waals surface area contributed by atoms with Crippen molar-refractivity contribution in [3.05, 3.63) is 54.1 Å². The zero-order valence-corrected chi connectivity index (χ0v) is 13.1. The number of cyclic esters (lactones) is 2. The molecule has 0 N–H and O–H groups in total. The number of carbonyl (C=O) groups is 5. The van der Waals surface area contributed by atoms with Crippen molar-refractivity contribution in [1.82, 2.24) is 0 Å². The van der Waals surface area contributed by atoms with Crippen molar-refractivity contribution in [3.8, 4) is 0 Å². The van der Waals surface area contributed by atoms with Crippen LogP contribution >= 0.6 is 0 Å². The molecular formula is C17H13NO7. The topological polar surface area (TPSA) is 107 Å². The Morgan fingerprint density at radius 3 is 1.84 bits per heavy atom. The molecule has 0 spiro atoms. The summed E-state index contributed by atoms with van der Waals surface area (Å²) in [6, 6.07) is 6.11. The van der Waals surface area contributed by atoms with Gasteiger partial charge in [-0.25, -0.2) is 19.3 Å². The number of carbonyl (C=O) groups excluding carboxylic acids is 5. The van der Waals surface area contributed by atoms with Crippen molar-refractivity contribution in [3.63, 3.8) is 0 Å². The maximum atomic E-state index is 11.4. The minimum atomic E-state index is -0.579. The first-order chi connectivity index (χ1) is 11.9. The number of ether oxygens (including phenoxy) is 2. The maximum Gasteiger partial charge on any atom is 0.338 e. The lowest BCUT2D eigenvalue weighted by atomic mass is 10.2. The van der Waals surface area contributed by atoms with Crippen LogP contribution in [0, 0.1) is 0 Å². The highest BCUT2D eigenvalue weighted by molar-refractivity contribution is 6.28. The molecular weight excluding hydrogens is 330 g/mol. The van der Waals surface area contributed by atoms with Crippen molar-refractivity contribution in [2.45, 2.75) is 6.92 Å². The number of benzene rings is 1. The first kappa shape index (κ1) is 17.8. The number of nitrogens with zero attached hydrogens (tertiary/aromatic N) is 1. The first-order valence-electron chi connectivity index (χ1n) is 7.19. The summed E-state index contributed by atoms with van der Waals surface area (Å²) in [6.07, 6.45) is 4.59. The molecule has 0 aromatic heterocycles. The van der Waals surface area contributed by atoms with Crippen LogP contribution in [-0.2, 0) is 28.7 Å². The number of hydrogen-bond donors (Lipinski definition) is 0. The van der Waals surface area contributed by atoms with Crippen LogP contribution in [0.3, 0.4) is 0 Å². The molecule has 0 fully saturated rings. The minimum absolute atomic E-state index is 0.299. The Kier molecular flexibility index (Phi) is 5.57. The van der Waals surface area contributed by atoms with Gasteiger partial charge in [0.15, 0.2) is 0 Å². The molecule has 3 rings (SSSR count). The van der Waals surface area contributed by atoms with Gasteiger partial charge in [-0.15, -0.1) is 0 Å². The third kappa shape index (κ3) is 4.47. The summed E-state index contributed by atoms with van der Waals surface area (Å²) < 4.78 is 8.81. The average molecular weight is 343 g/mol. The van der Waals surface area contributed by atoms with Crippen LogP contribution in [0.15, 0.2) is 48.6 Å². The molecule has 0 atom stereocenters. The van der Waals surface area contributed by atoms with E-state index in [2.05, 4.69) is 4.74 Å². The number of anilines is 1. The number of esters is 3. The summed E-state index contributed by atoms with van der Waals surface area (Å²) in [7, 11) is 0. The van der Waals surface area contributed by atoms with Gasteiger partial charge in [0.25, 0.3) is 11.8 Å². The van der Waals surface area contributed by atoms with Crippen LogP contribution in [0.1, 0.15) is 17.3 Å². The van der Waals surface area contributed by atoms with Gasteiger partial charge in [-0.05, 0) is 31.2 Å². The lowest BCUT2D eigenvalue weighted by molar-refractivity contribution is -0.150. The van der Waals surface area contributed by atoms with Crippen LogP contribution < -0.4 is 4.90 Å². The zero-order chi connectivity index (χ0) is 18.4. The molecule has 2 amide bonds. The fourth-order valence-corrected chi connectivity index (χ4v) is 1.92. The predicted octanol–water partition coefficient (Wildman–Crippen LogP) is 0.919. The number of hydrogen-bond acceptors (Lipinski definition) is 7. The number of imide groups is 1. The van der Waals surface area contributed by atoms with Gasteiger partial charge in [0, 0.05) is 24.3 Å². The van der Waals surface area contributed by atoms with Crippen molar-refractivity contribution >= 4 is 35.4 Å². The highest BCUT2D eigenvalue weighted by atomic mass is 16.6. The zero-order valence-electron chi connectivity index (χ0n) is 13.1. The van der Waals surface area contributed by atoms with Gasteiger partial charge < -0.3 is 9.47 Å². The summed E-state index contributed by atoms with van der Waals surface area (Å²) in [5.41, 5.74) is 0.815. The second-order valence-electron chi connectivity index (χ2n) is 4.69. The molecule has 0 bridgehead atoms.